The molecule has 5 rings (SSSR count). The van der Waals surface area contributed by atoms with Crippen LogP contribution in [0.5, 0.6) is 0 Å². The number of rotatable bonds is 4. The number of carbonyl (C=O) groups excluding carboxylic acids is 4. The second-order valence-electron chi connectivity index (χ2n) is 9.19. The fourth-order valence-electron chi connectivity index (χ4n) is 5.46. The highest BCUT2D eigenvalue weighted by Gasteiger charge is 2.58. The van der Waals surface area contributed by atoms with Crippen LogP contribution in [-0.4, -0.2) is 58.4 Å². The minimum Gasteiger partial charge on any atom is -0.427 e. The Kier molecular flexibility index (Phi) is 5.66. The largest absolute Gasteiger partial charge is 0.427 e. The average Bonchev–Trinajstić information content (AvgIpc) is 3.49. The summed E-state index contributed by atoms with van der Waals surface area (Å²) >= 11 is 0. The standard InChI is InChI=1S/C25H27N5O5/c1-15-3-6-20(16-8-11-27-12-9-16)30(15)21(31)14-29-22(32)25(35-24(29)34)10-7-17-13-18(4-5-19(17)25)28-23(33)26-2/h4-5,8-9,11-13,15,20H,3,6-7,10,14H2,1-2H3,(H2,26,28,33)/t15-,20+,25+/m0/s1. The molecule has 3 heterocycles. The summed E-state index contributed by atoms with van der Waals surface area (Å²) in [5.74, 6) is -0.809. The number of ether oxygens (including phenoxy) is 1. The van der Waals surface area contributed by atoms with E-state index in [1.54, 1.807) is 35.5 Å². The van der Waals surface area contributed by atoms with E-state index >= 15 is 0 Å². The minimum atomic E-state index is -1.43. The molecule has 10 nitrogen and oxygen atoms in total. The van der Waals surface area contributed by atoms with E-state index < -0.39 is 17.6 Å². The number of pyridine rings is 1. The molecule has 1 aromatic carbocycles. The van der Waals surface area contributed by atoms with E-state index in [2.05, 4.69) is 15.6 Å². The van der Waals surface area contributed by atoms with Gasteiger partial charge in [0, 0.05) is 43.2 Å². The van der Waals surface area contributed by atoms with Gasteiger partial charge in [0.1, 0.15) is 6.54 Å². The third kappa shape index (κ3) is 3.78. The highest BCUT2D eigenvalue weighted by atomic mass is 16.6. The van der Waals surface area contributed by atoms with E-state index in [1.165, 1.54) is 7.05 Å². The van der Waals surface area contributed by atoms with E-state index in [9.17, 15) is 19.2 Å². The number of aryl methyl sites for hydroxylation is 1. The fraction of sp³-hybridized carbons (Fsp3) is 0.400. The number of hydrogen-bond acceptors (Lipinski definition) is 6. The van der Waals surface area contributed by atoms with Crippen molar-refractivity contribution in [3.05, 3.63) is 59.4 Å². The van der Waals surface area contributed by atoms with Crippen LogP contribution in [0.15, 0.2) is 42.7 Å². The molecular weight excluding hydrogens is 450 g/mol. The minimum absolute atomic E-state index is 0.0122. The SMILES string of the molecule is CNC(=O)Nc1ccc2c(c1)CC[C@@]21OC(=O)N(CC(=O)N2[C@@H](c3ccncc3)CC[C@@H]2C)C1=O. The van der Waals surface area contributed by atoms with Gasteiger partial charge in [-0.3, -0.25) is 14.6 Å². The molecule has 1 aliphatic carbocycles. The molecular formula is C25H27N5O5. The van der Waals surface area contributed by atoms with Crippen LogP contribution >= 0.6 is 0 Å². The van der Waals surface area contributed by atoms with Crippen molar-refractivity contribution in [1.82, 2.24) is 20.1 Å². The Morgan fingerprint density at radius 3 is 2.69 bits per heavy atom. The van der Waals surface area contributed by atoms with Crippen molar-refractivity contribution in [2.24, 2.45) is 0 Å². The monoisotopic (exact) mass is 477 g/mol. The first-order valence-electron chi connectivity index (χ1n) is 11.7. The number of carbonyl (C=O) groups is 4. The molecule has 2 N–H and O–H groups in total. The van der Waals surface area contributed by atoms with Crippen LogP contribution < -0.4 is 10.6 Å². The van der Waals surface area contributed by atoms with Crippen LogP contribution in [-0.2, 0) is 26.3 Å². The summed E-state index contributed by atoms with van der Waals surface area (Å²) in [4.78, 5) is 58.1. The van der Waals surface area contributed by atoms with Gasteiger partial charge in [-0.15, -0.1) is 0 Å². The van der Waals surface area contributed by atoms with Crippen molar-refractivity contribution in [2.75, 3.05) is 18.9 Å². The van der Waals surface area contributed by atoms with Gasteiger partial charge in [0.15, 0.2) is 0 Å². The smallest absolute Gasteiger partial charge is 0.418 e. The predicted molar refractivity (Wildman–Crippen MR) is 125 cm³/mol. The molecule has 182 valence electrons. The number of fused-ring (bicyclic) bond motifs is 2. The van der Waals surface area contributed by atoms with Crippen molar-refractivity contribution >= 4 is 29.6 Å². The molecule has 0 saturated carbocycles. The number of likely N-dealkylation sites (tertiary alicyclic amines) is 1. The van der Waals surface area contributed by atoms with Crippen LogP contribution in [0.1, 0.15) is 48.9 Å². The summed E-state index contributed by atoms with van der Waals surface area (Å²) in [6.07, 6.45) is 5.02. The lowest BCUT2D eigenvalue weighted by atomic mass is 9.94. The lowest BCUT2D eigenvalue weighted by Crippen LogP contribution is -2.46. The number of urea groups is 1. The Labute approximate surface area is 202 Å². The third-order valence-corrected chi connectivity index (χ3v) is 7.18. The van der Waals surface area contributed by atoms with Gasteiger partial charge < -0.3 is 20.3 Å². The number of amides is 5. The third-order valence-electron chi connectivity index (χ3n) is 7.18. The maximum atomic E-state index is 13.5. The topological polar surface area (TPSA) is 121 Å². The number of anilines is 1. The zero-order chi connectivity index (χ0) is 24.7. The number of nitrogens with zero attached hydrogens (tertiary/aromatic N) is 3. The molecule has 0 bridgehead atoms. The maximum absolute atomic E-state index is 13.5. The molecule has 10 heteroatoms. The Balaban J connectivity index is 1.36. The quantitative estimate of drug-likeness (QED) is 0.699. The second-order valence-corrected chi connectivity index (χ2v) is 9.19. The second kappa shape index (κ2) is 8.68. The van der Waals surface area contributed by atoms with Crippen molar-refractivity contribution in [3.8, 4) is 0 Å². The van der Waals surface area contributed by atoms with Crippen molar-refractivity contribution in [2.45, 2.75) is 50.3 Å². The lowest BCUT2D eigenvalue weighted by molar-refractivity contribution is -0.143. The zero-order valence-electron chi connectivity index (χ0n) is 19.6. The van der Waals surface area contributed by atoms with Gasteiger partial charge in [-0.05, 0) is 61.6 Å². The zero-order valence-corrected chi connectivity index (χ0v) is 19.6. The molecule has 2 aliphatic heterocycles. The first-order chi connectivity index (χ1) is 16.8. The van der Waals surface area contributed by atoms with Gasteiger partial charge >= 0.3 is 12.1 Å². The van der Waals surface area contributed by atoms with E-state index in [0.29, 0.717) is 24.1 Å². The molecule has 2 aromatic rings. The number of nitrogens with one attached hydrogen (secondary N) is 2. The number of imide groups is 1. The van der Waals surface area contributed by atoms with Crippen molar-refractivity contribution < 1.29 is 23.9 Å². The fourth-order valence-corrected chi connectivity index (χ4v) is 5.46. The number of hydrogen-bond donors (Lipinski definition) is 2. The molecule has 3 atom stereocenters. The predicted octanol–water partition coefficient (Wildman–Crippen LogP) is 2.71. The van der Waals surface area contributed by atoms with Crippen LogP contribution in [0.3, 0.4) is 0 Å². The molecule has 5 amide bonds. The van der Waals surface area contributed by atoms with Crippen LogP contribution in [0, 0.1) is 0 Å². The molecule has 0 unspecified atom stereocenters. The summed E-state index contributed by atoms with van der Waals surface area (Å²) in [5.41, 5.74) is 1.54. The summed E-state index contributed by atoms with van der Waals surface area (Å²) in [6.45, 7) is 1.61. The van der Waals surface area contributed by atoms with Gasteiger partial charge in [0.05, 0.1) is 6.04 Å². The lowest BCUT2D eigenvalue weighted by Gasteiger charge is -2.30. The van der Waals surface area contributed by atoms with Crippen LogP contribution in [0.2, 0.25) is 0 Å². The molecule has 3 aliphatic rings. The molecule has 1 aromatic heterocycles. The first-order valence-corrected chi connectivity index (χ1v) is 11.7. The van der Waals surface area contributed by atoms with Crippen LogP contribution in [0.4, 0.5) is 15.3 Å². The molecule has 35 heavy (non-hydrogen) atoms. The van der Waals surface area contributed by atoms with E-state index in [1.807, 2.05) is 19.1 Å². The highest BCUT2D eigenvalue weighted by Crippen LogP contribution is 2.46. The number of aromatic nitrogens is 1. The average molecular weight is 478 g/mol. The van der Waals surface area contributed by atoms with Gasteiger partial charge in [0.2, 0.25) is 11.5 Å². The van der Waals surface area contributed by atoms with Crippen molar-refractivity contribution in [3.63, 3.8) is 0 Å². The molecule has 2 saturated heterocycles. The normalized spacial score (nSPS) is 25.1. The van der Waals surface area contributed by atoms with Crippen LogP contribution in [0.25, 0.3) is 0 Å². The maximum Gasteiger partial charge on any atom is 0.418 e. The first kappa shape index (κ1) is 22.8. The molecule has 1 spiro atoms. The van der Waals surface area contributed by atoms with E-state index in [0.717, 1.165) is 28.9 Å². The van der Waals surface area contributed by atoms with Gasteiger partial charge in [-0.1, -0.05) is 6.07 Å². The Hall–Kier alpha value is -3.95. The van der Waals surface area contributed by atoms with E-state index in [4.69, 9.17) is 4.74 Å². The van der Waals surface area contributed by atoms with Gasteiger partial charge in [-0.2, -0.15) is 0 Å². The van der Waals surface area contributed by atoms with Crippen molar-refractivity contribution in [1.29, 1.82) is 0 Å². The Morgan fingerprint density at radius 1 is 1.17 bits per heavy atom. The van der Waals surface area contributed by atoms with E-state index in [-0.39, 0.29) is 30.6 Å². The summed E-state index contributed by atoms with van der Waals surface area (Å²) in [6, 6.07) is 8.43. The Morgan fingerprint density at radius 2 is 1.94 bits per heavy atom. The summed E-state index contributed by atoms with van der Waals surface area (Å²) < 4.78 is 5.66. The summed E-state index contributed by atoms with van der Waals surface area (Å²) in [7, 11) is 1.52. The Bertz CT molecular complexity index is 1200. The summed E-state index contributed by atoms with van der Waals surface area (Å²) in [5, 5.41) is 5.19. The van der Waals surface area contributed by atoms with Gasteiger partial charge in [-0.25, -0.2) is 14.5 Å². The number of benzene rings is 1. The molecule has 2 fully saturated rings. The van der Waals surface area contributed by atoms with Gasteiger partial charge in [0.25, 0.3) is 5.91 Å². The highest BCUT2D eigenvalue weighted by molar-refractivity contribution is 6.06. The molecule has 0 radical (unpaired) electrons.